The molecule has 0 aliphatic rings. The van der Waals surface area contributed by atoms with Crippen molar-refractivity contribution in [3.05, 3.63) is 23.9 Å². The van der Waals surface area contributed by atoms with Gasteiger partial charge in [-0.2, -0.15) is 9.97 Å². The number of hydrogen-bond donors (Lipinski definition) is 1. The molecule has 3 aromatic heterocycles. The van der Waals surface area contributed by atoms with Crippen LogP contribution < -0.4 is 10.6 Å². The van der Waals surface area contributed by atoms with E-state index in [1.165, 1.54) is 23.5 Å². The Morgan fingerprint density at radius 3 is 2.60 bits per heavy atom. The molecule has 0 atom stereocenters. The number of hydrogen-bond acceptors (Lipinski definition) is 8. The van der Waals surface area contributed by atoms with E-state index in [1.807, 2.05) is 6.92 Å². The lowest BCUT2D eigenvalue weighted by Gasteiger charge is -2.20. The molecule has 3 aromatic rings. The van der Waals surface area contributed by atoms with E-state index in [0.717, 1.165) is 0 Å². The van der Waals surface area contributed by atoms with Gasteiger partial charge in [0.25, 0.3) is 0 Å². The van der Waals surface area contributed by atoms with Gasteiger partial charge in [0.15, 0.2) is 11.0 Å². The fourth-order valence-corrected chi connectivity index (χ4v) is 2.17. The van der Waals surface area contributed by atoms with Crippen LogP contribution in [-0.4, -0.2) is 35.6 Å². The molecule has 25 heavy (non-hydrogen) atoms. The van der Waals surface area contributed by atoms with E-state index in [0.29, 0.717) is 12.0 Å². The Morgan fingerprint density at radius 2 is 1.96 bits per heavy atom. The van der Waals surface area contributed by atoms with Crippen LogP contribution in [0, 0.1) is 5.41 Å². The zero-order valence-corrected chi connectivity index (χ0v) is 14.7. The molecule has 0 saturated carbocycles. The highest BCUT2D eigenvalue weighted by atomic mass is 35.5. The summed E-state index contributed by atoms with van der Waals surface area (Å²) < 4.78 is 1.19. The van der Waals surface area contributed by atoms with Crippen LogP contribution in [0.4, 0.5) is 5.95 Å². The summed E-state index contributed by atoms with van der Waals surface area (Å²) in [4.78, 5) is 38.4. The van der Waals surface area contributed by atoms with E-state index in [2.05, 4.69) is 24.9 Å². The van der Waals surface area contributed by atoms with Crippen LogP contribution in [0.25, 0.3) is 22.6 Å². The van der Waals surface area contributed by atoms with Crippen LogP contribution in [0.1, 0.15) is 27.2 Å². The minimum absolute atomic E-state index is 0.0553. The van der Waals surface area contributed by atoms with Crippen molar-refractivity contribution < 1.29 is 9.63 Å². The number of aromatic nitrogens is 6. The summed E-state index contributed by atoms with van der Waals surface area (Å²) in [5, 5.41) is 0.0603. The van der Waals surface area contributed by atoms with Gasteiger partial charge in [0, 0.05) is 12.4 Å². The summed E-state index contributed by atoms with van der Waals surface area (Å²) in [6.45, 7) is 5.47. The zero-order chi connectivity index (χ0) is 18.2. The van der Waals surface area contributed by atoms with Gasteiger partial charge in [-0.1, -0.05) is 18.5 Å². The third kappa shape index (κ3) is 3.10. The number of anilines is 1. The molecule has 0 aliphatic heterocycles. The van der Waals surface area contributed by atoms with E-state index >= 15 is 0 Å². The molecule has 0 aliphatic carbocycles. The van der Waals surface area contributed by atoms with Crippen molar-refractivity contribution in [2.45, 2.75) is 27.2 Å². The molecule has 10 heteroatoms. The Balaban J connectivity index is 2.22. The second kappa shape index (κ2) is 6.25. The van der Waals surface area contributed by atoms with Gasteiger partial charge >= 0.3 is 5.97 Å². The number of nitrogens with two attached hydrogens (primary N) is 1. The molecule has 0 bridgehead atoms. The largest absolute Gasteiger partial charge is 0.368 e. The van der Waals surface area contributed by atoms with Crippen molar-refractivity contribution in [3.63, 3.8) is 0 Å². The predicted molar refractivity (Wildman–Crippen MR) is 91.4 cm³/mol. The number of nitrogen functional groups attached to an aromatic ring is 1. The Hall–Kier alpha value is -2.81. The molecule has 3 rings (SSSR count). The third-order valence-corrected chi connectivity index (χ3v) is 4.14. The first-order valence-corrected chi connectivity index (χ1v) is 7.91. The molecule has 3 heterocycles. The SMILES string of the molecule is CCC(C)(C)C(=O)On1c(-c2cncnc2)nc2c(Cl)nc(N)nc21. The minimum atomic E-state index is -0.691. The second-order valence-corrected chi connectivity index (χ2v) is 6.38. The number of carbonyl (C=O) groups is 1. The highest BCUT2D eigenvalue weighted by Crippen LogP contribution is 2.28. The number of imidazole rings is 1. The maximum Gasteiger partial charge on any atom is 0.338 e. The van der Waals surface area contributed by atoms with Gasteiger partial charge in [-0.25, -0.2) is 19.7 Å². The summed E-state index contributed by atoms with van der Waals surface area (Å²) in [5.41, 5.74) is 5.96. The molecule has 0 unspecified atom stereocenters. The van der Waals surface area contributed by atoms with Gasteiger partial charge in [0.05, 0.1) is 11.0 Å². The molecule has 130 valence electrons. The van der Waals surface area contributed by atoms with E-state index in [1.54, 1.807) is 13.8 Å². The first-order valence-electron chi connectivity index (χ1n) is 7.53. The number of nitrogens with zero attached hydrogens (tertiary/aromatic N) is 6. The number of fused-ring (bicyclic) bond motifs is 1. The molecule has 0 spiro atoms. The number of rotatable bonds is 4. The molecule has 2 N–H and O–H groups in total. The molecular weight excluding hydrogens is 346 g/mol. The summed E-state index contributed by atoms with van der Waals surface area (Å²) >= 11 is 6.11. The first kappa shape index (κ1) is 17.0. The van der Waals surface area contributed by atoms with Crippen LogP contribution in [0.5, 0.6) is 0 Å². The van der Waals surface area contributed by atoms with Crippen LogP contribution in [0.2, 0.25) is 5.15 Å². The number of carbonyl (C=O) groups excluding carboxylic acids is 1. The number of halogens is 1. The Kier molecular flexibility index (Phi) is 4.25. The van der Waals surface area contributed by atoms with E-state index in [-0.39, 0.29) is 28.1 Å². The van der Waals surface area contributed by atoms with Gasteiger partial charge in [0.1, 0.15) is 11.8 Å². The molecule has 0 fully saturated rings. The first-order chi connectivity index (χ1) is 11.8. The maximum atomic E-state index is 12.6. The summed E-state index contributed by atoms with van der Waals surface area (Å²) in [6, 6.07) is 0. The van der Waals surface area contributed by atoms with Gasteiger partial charge in [-0.05, 0) is 20.3 Å². The zero-order valence-electron chi connectivity index (χ0n) is 13.9. The van der Waals surface area contributed by atoms with Crippen molar-refractivity contribution in [2.75, 3.05) is 5.73 Å². The molecule has 9 nitrogen and oxygen atoms in total. The molecular formula is C15H16ClN7O2. The fraction of sp³-hybridized carbons (Fsp3) is 0.333. The van der Waals surface area contributed by atoms with Crippen LogP contribution >= 0.6 is 11.6 Å². The highest BCUT2D eigenvalue weighted by molar-refractivity contribution is 6.33. The second-order valence-electron chi connectivity index (χ2n) is 6.02. The lowest BCUT2D eigenvalue weighted by Crippen LogP contribution is -2.33. The quantitative estimate of drug-likeness (QED) is 0.699. The van der Waals surface area contributed by atoms with Crippen molar-refractivity contribution in [2.24, 2.45) is 5.41 Å². The van der Waals surface area contributed by atoms with Crippen molar-refractivity contribution in [1.82, 2.24) is 29.7 Å². The Labute approximate surface area is 148 Å². The monoisotopic (exact) mass is 361 g/mol. The highest BCUT2D eigenvalue weighted by Gasteiger charge is 2.30. The average Bonchev–Trinajstić information content (AvgIpc) is 2.94. The lowest BCUT2D eigenvalue weighted by atomic mass is 9.91. The Bertz CT molecular complexity index is 940. The van der Waals surface area contributed by atoms with Crippen LogP contribution in [0.15, 0.2) is 18.7 Å². The summed E-state index contributed by atoms with van der Waals surface area (Å²) in [6.07, 6.45) is 5.05. The van der Waals surface area contributed by atoms with Crippen molar-refractivity contribution in [1.29, 1.82) is 0 Å². The van der Waals surface area contributed by atoms with Gasteiger partial charge in [0.2, 0.25) is 11.6 Å². The van der Waals surface area contributed by atoms with Crippen LogP contribution in [-0.2, 0) is 4.79 Å². The topological polar surface area (TPSA) is 122 Å². The molecule has 0 aromatic carbocycles. The van der Waals surface area contributed by atoms with Gasteiger partial charge in [-0.15, -0.1) is 4.73 Å². The Morgan fingerprint density at radius 1 is 1.28 bits per heavy atom. The third-order valence-electron chi connectivity index (χ3n) is 3.87. The van der Waals surface area contributed by atoms with Crippen LogP contribution in [0.3, 0.4) is 0 Å². The standard InChI is InChI=1S/C15H16ClN7O2/c1-4-15(2,3)13(24)25-23-11(8-5-18-7-19-6-8)20-9-10(16)21-14(17)22-12(9)23/h5-7H,4H2,1-3H3,(H2,17,21,22). The minimum Gasteiger partial charge on any atom is -0.368 e. The van der Waals surface area contributed by atoms with E-state index < -0.39 is 11.4 Å². The normalized spacial score (nSPS) is 11.7. The molecule has 0 saturated heterocycles. The average molecular weight is 362 g/mol. The van der Waals surface area contributed by atoms with E-state index in [4.69, 9.17) is 22.2 Å². The summed E-state index contributed by atoms with van der Waals surface area (Å²) in [5.74, 6) is -0.223. The van der Waals surface area contributed by atoms with Gasteiger partial charge in [-0.3, -0.25) is 0 Å². The van der Waals surface area contributed by atoms with E-state index in [9.17, 15) is 4.79 Å². The molecule has 0 amide bonds. The maximum absolute atomic E-state index is 12.6. The van der Waals surface area contributed by atoms with Crippen molar-refractivity contribution in [3.8, 4) is 11.4 Å². The lowest BCUT2D eigenvalue weighted by molar-refractivity contribution is -0.153. The van der Waals surface area contributed by atoms with Gasteiger partial charge < -0.3 is 10.6 Å². The summed E-state index contributed by atoms with van der Waals surface area (Å²) in [7, 11) is 0. The fourth-order valence-electron chi connectivity index (χ4n) is 1.96. The molecule has 0 radical (unpaired) electrons. The predicted octanol–water partition coefficient (Wildman–Crippen LogP) is 1.91. The van der Waals surface area contributed by atoms with Crippen molar-refractivity contribution >= 4 is 34.7 Å². The smallest absolute Gasteiger partial charge is 0.338 e.